The van der Waals surface area contributed by atoms with Crippen LogP contribution in [0.25, 0.3) is 6.08 Å². The second kappa shape index (κ2) is 9.37. The molecule has 0 aliphatic heterocycles. The van der Waals surface area contributed by atoms with Crippen molar-refractivity contribution in [3.05, 3.63) is 57.9 Å². The number of amides is 2. The monoisotopic (exact) mass is 388 g/mol. The molecule has 1 aromatic heterocycles. The van der Waals surface area contributed by atoms with Gasteiger partial charge in [-0.25, -0.2) is 0 Å². The summed E-state index contributed by atoms with van der Waals surface area (Å²) < 4.78 is 1.87. The van der Waals surface area contributed by atoms with Crippen LogP contribution in [0.3, 0.4) is 0 Å². The fourth-order valence-electron chi connectivity index (χ4n) is 2.71. The molecule has 7 heteroatoms. The average molecular weight is 389 g/mol. The molecule has 0 aliphatic carbocycles. The number of carbonyl (C=O) groups is 2. The number of rotatable bonds is 7. The van der Waals surface area contributed by atoms with E-state index in [2.05, 4.69) is 15.7 Å². The molecular formula is C20H25ClN4O2. The van der Waals surface area contributed by atoms with Crippen LogP contribution in [0.4, 0.5) is 0 Å². The number of aryl methyl sites for hydroxylation is 1. The molecule has 2 rings (SSSR count). The molecule has 0 radical (unpaired) electrons. The largest absolute Gasteiger partial charge is 0.355 e. The van der Waals surface area contributed by atoms with Crippen molar-refractivity contribution in [2.24, 2.45) is 0 Å². The summed E-state index contributed by atoms with van der Waals surface area (Å²) in [6, 6.07) is 7.05. The molecule has 0 aliphatic rings. The van der Waals surface area contributed by atoms with Crippen LogP contribution in [-0.4, -0.2) is 34.2 Å². The van der Waals surface area contributed by atoms with Crippen LogP contribution < -0.4 is 10.6 Å². The standard InChI is InChI=1S/C20H25ClN4O2/c1-5-22-20(27)14(3)23-19(26)11-10-17-13(2)24-25(15(17)4)12-16-8-6-7-9-18(16)21/h6-11,14H,5,12H2,1-4H3,(H,22,27)(H,23,26)/b11-10+/t14-/m0/s1. The Labute approximate surface area is 164 Å². The van der Waals surface area contributed by atoms with Gasteiger partial charge in [-0.05, 0) is 45.4 Å². The Morgan fingerprint density at radius 2 is 2.00 bits per heavy atom. The van der Waals surface area contributed by atoms with E-state index in [9.17, 15) is 9.59 Å². The molecule has 0 saturated heterocycles. The van der Waals surface area contributed by atoms with Gasteiger partial charge in [0, 0.05) is 28.9 Å². The zero-order valence-electron chi connectivity index (χ0n) is 16.0. The van der Waals surface area contributed by atoms with Crippen LogP contribution in [-0.2, 0) is 16.1 Å². The van der Waals surface area contributed by atoms with Crippen molar-refractivity contribution in [1.82, 2.24) is 20.4 Å². The zero-order chi connectivity index (χ0) is 20.0. The molecule has 2 aromatic rings. The maximum atomic E-state index is 12.1. The predicted octanol–water partition coefficient (Wildman–Crippen LogP) is 2.86. The Hall–Kier alpha value is -2.60. The first-order chi connectivity index (χ1) is 12.8. The maximum absolute atomic E-state index is 12.1. The highest BCUT2D eigenvalue weighted by Gasteiger charge is 2.14. The Morgan fingerprint density at radius 3 is 2.67 bits per heavy atom. The Morgan fingerprint density at radius 1 is 1.30 bits per heavy atom. The topological polar surface area (TPSA) is 76.0 Å². The molecule has 0 unspecified atom stereocenters. The molecule has 0 spiro atoms. The predicted molar refractivity (Wildman–Crippen MR) is 108 cm³/mol. The highest BCUT2D eigenvalue weighted by atomic mass is 35.5. The Balaban J connectivity index is 2.10. The molecule has 1 heterocycles. The first kappa shape index (κ1) is 20.7. The van der Waals surface area contributed by atoms with Crippen molar-refractivity contribution in [2.45, 2.75) is 40.3 Å². The van der Waals surface area contributed by atoms with Crippen LogP contribution in [0.1, 0.15) is 36.4 Å². The SMILES string of the molecule is CCNC(=O)[C@H](C)NC(=O)/C=C/c1c(C)nn(Cc2ccccc2Cl)c1C. The third-order valence-electron chi connectivity index (χ3n) is 4.22. The molecule has 0 fully saturated rings. The van der Waals surface area contributed by atoms with E-state index < -0.39 is 6.04 Å². The number of nitrogens with zero attached hydrogens (tertiary/aromatic N) is 2. The van der Waals surface area contributed by atoms with Crippen molar-refractivity contribution >= 4 is 29.5 Å². The first-order valence-corrected chi connectivity index (χ1v) is 9.25. The summed E-state index contributed by atoms with van der Waals surface area (Å²) in [6.07, 6.45) is 3.15. The summed E-state index contributed by atoms with van der Waals surface area (Å²) in [7, 11) is 0. The average Bonchev–Trinajstić information content (AvgIpc) is 2.88. The molecule has 27 heavy (non-hydrogen) atoms. The number of carbonyl (C=O) groups excluding carboxylic acids is 2. The van der Waals surface area contributed by atoms with Crippen molar-refractivity contribution < 1.29 is 9.59 Å². The normalized spacial score (nSPS) is 12.2. The number of nitrogens with one attached hydrogen (secondary N) is 2. The van der Waals surface area contributed by atoms with Gasteiger partial charge >= 0.3 is 0 Å². The quantitative estimate of drug-likeness (QED) is 0.716. The lowest BCUT2D eigenvalue weighted by Crippen LogP contribution is -2.44. The highest BCUT2D eigenvalue weighted by molar-refractivity contribution is 6.31. The summed E-state index contributed by atoms with van der Waals surface area (Å²) >= 11 is 6.23. The van der Waals surface area contributed by atoms with E-state index in [1.165, 1.54) is 6.08 Å². The smallest absolute Gasteiger partial charge is 0.244 e. The molecule has 144 valence electrons. The Kier molecular flexibility index (Phi) is 7.19. The molecule has 2 N–H and O–H groups in total. The summed E-state index contributed by atoms with van der Waals surface area (Å²) in [5.74, 6) is -0.537. The van der Waals surface area contributed by atoms with E-state index in [1.54, 1.807) is 13.0 Å². The van der Waals surface area contributed by atoms with Gasteiger partial charge in [0.1, 0.15) is 6.04 Å². The lowest BCUT2D eigenvalue weighted by molar-refractivity contribution is -0.126. The van der Waals surface area contributed by atoms with Gasteiger partial charge in [-0.1, -0.05) is 29.8 Å². The van der Waals surface area contributed by atoms with E-state index in [-0.39, 0.29) is 11.8 Å². The van der Waals surface area contributed by atoms with Crippen molar-refractivity contribution in [2.75, 3.05) is 6.54 Å². The molecule has 0 saturated carbocycles. The first-order valence-electron chi connectivity index (χ1n) is 8.87. The second-order valence-corrected chi connectivity index (χ2v) is 6.70. The van der Waals surface area contributed by atoms with E-state index in [0.717, 1.165) is 22.5 Å². The van der Waals surface area contributed by atoms with Crippen molar-refractivity contribution in [3.8, 4) is 0 Å². The number of likely N-dealkylation sites (N-methyl/N-ethyl adjacent to an activating group) is 1. The summed E-state index contributed by atoms with van der Waals surface area (Å²) in [4.78, 5) is 23.8. The van der Waals surface area contributed by atoms with Gasteiger partial charge in [0.25, 0.3) is 0 Å². The highest BCUT2D eigenvalue weighted by Crippen LogP contribution is 2.20. The maximum Gasteiger partial charge on any atom is 0.244 e. The molecule has 1 atom stereocenters. The van der Waals surface area contributed by atoms with E-state index in [0.29, 0.717) is 18.1 Å². The summed E-state index contributed by atoms with van der Waals surface area (Å²) in [5, 5.41) is 10.6. The van der Waals surface area contributed by atoms with Gasteiger partial charge in [-0.3, -0.25) is 14.3 Å². The third-order valence-corrected chi connectivity index (χ3v) is 4.59. The van der Waals surface area contributed by atoms with Crippen LogP contribution in [0.5, 0.6) is 0 Å². The number of aromatic nitrogens is 2. The minimum Gasteiger partial charge on any atom is -0.355 e. The lowest BCUT2D eigenvalue weighted by Gasteiger charge is -2.11. The Bertz CT molecular complexity index is 858. The van der Waals surface area contributed by atoms with Crippen LogP contribution >= 0.6 is 11.6 Å². The summed E-state index contributed by atoms with van der Waals surface area (Å²) in [6.45, 7) is 8.41. The van der Waals surface area contributed by atoms with Gasteiger partial charge in [-0.15, -0.1) is 0 Å². The zero-order valence-corrected chi connectivity index (χ0v) is 16.8. The fraction of sp³-hybridized carbons (Fsp3) is 0.350. The third kappa shape index (κ3) is 5.44. The van der Waals surface area contributed by atoms with Crippen LogP contribution in [0, 0.1) is 13.8 Å². The molecule has 0 bridgehead atoms. The number of hydrogen-bond donors (Lipinski definition) is 2. The molecule has 2 amide bonds. The van der Waals surface area contributed by atoms with Gasteiger partial charge < -0.3 is 10.6 Å². The molecule has 6 nitrogen and oxygen atoms in total. The van der Waals surface area contributed by atoms with Gasteiger partial charge in [0.2, 0.25) is 11.8 Å². The molecular weight excluding hydrogens is 364 g/mol. The molecule has 1 aromatic carbocycles. The number of halogens is 1. The van der Waals surface area contributed by atoms with Crippen LogP contribution in [0.15, 0.2) is 30.3 Å². The summed E-state index contributed by atoms with van der Waals surface area (Å²) in [5.41, 5.74) is 3.62. The van der Waals surface area contributed by atoms with Gasteiger partial charge in [0.05, 0.1) is 12.2 Å². The minimum atomic E-state index is -0.591. The number of hydrogen-bond acceptors (Lipinski definition) is 3. The minimum absolute atomic E-state index is 0.209. The fourth-order valence-corrected chi connectivity index (χ4v) is 2.90. The van der Waals surface area contributed by atoms with Crippen LogP contribution in [0.2, 0.25) is 5.02 Å². The van der Waals surface area contributed by atoms with E-state index in [4.69, 9.17) is 11.6 Å². The second-order valence-electron chi connectivity index (χ2n) is 6.29. The van der Waals surface area contributed by atoms with Crippen molar-refractivity contribution in [1.29, 1.82) is 0 Å². The van der Waals surface area contributed by atoms with E-state index in [1.807, 2.05) is 49.7 Å². The van der Waals surface area contributed by atoms with Gasteiger partial charge in [0.15, 0.2) is 0 Å². The van der Waals surface area contributed by atoms with E-state index >= 15 is 0 Å². The number of benzene rings is 1. The van der Waals surface area contributed by atoms with Crippen molar-refractivity contribution in [3.63, 3.8) is 0 Å². The lowest BCUT2D eigenvalue weighted by atomic mass is 10.1. The van der Waals surface area contributed by atoms with Gasteiger partial charge in [-0.2, -0.15) is 5.10 Å².